The van der Waals surface area contributed by atoms with E-state index in [2.05, 4.69) is 26.0 Å². The van der Waals surface area contributed by atoms with E-state index in [1.807, 2.05) is 0 Å². The highest BCUT2D eigenvalue weighted by Gasteiger charge is 2.17. The van der Waals surface area contributed by atoms with Crippen molar-refractivity contribution >= 4 is 21.9 Å². The fraction of sp³-hybridized carbons (Fsp3) is 0.333. The SMILES string of the molecule is NC/C=C/Cn1nc([N+](=O)[O-])nc1Br. The Labute approximate surface area is 87.9 Å². The first kappa shape index (κ1) is 10.8. The van der Waals surface area contributed by atoms with Gasteiger partial charge in [-0.2, -0.15) is 4.68 Å². The molecule has 0 spiro atoms. The molecule has 2 N–H and O–H groups in total. The number of hydrogen-bond acceptors (Lipinski definition) is 5. The van der Waals surface area contributed by atoms with Crippen molar-refractivity contribution in [3.05, 3.63) is 27.0 Å². The highest BCUT2D eigenvalue weighted by atomic mass is 79.9. The van der Waals surface area contributed by atoms with Gasteiger partial charge >= 0.3 is 5.95 Å². The van der Waals surface area contributed by atoms with Crippen LogP contribution in [0.25, 0.3) is 0 Å². The Bertz CT molecular complexity index is 361. The van der Waals surface area contributed by atoms with Crippen LogP contribution in [0.15, 0.2) is 16.9 Å². The molecule has 1 aromatic heterocycles. The van der Waals surface area contributed by atoms with Gasteiger partial charge in [0.2, 0.25) is 0 Å². The van der Waals surface area contributed by atoms with E-state index < -0.39 is 10.9 Å². The van der Waals surface area contributed by atoms with E-state index in [0.29, 0.717) is 17.8 Å². The lowest BCUT2D eigenvalue weighted by molar-refractivity contribution is -0.394. The van der Waals surface area contributed by atoms with Crippen LogP contribution in [0.1, 0.15) is 0 Å². The zero-order chi connectivity index (χ0) is 10.6. The second-order valence-electron chi connectivity index (χ2n) is 2.33. The maximum Gasteiger partial charge on any atom is 0.492 e. The van der Waals surface area contributed by atoms with E-state index in [9.17, 15) is 10.1 Å². The van der Waals surface area contributed by atoms with Crippen molar-refractivity contribution in [2.24, 2.45) is 5.73 Å². The Balaban J connectivity index is 2.77. The van der Waals surface area contributed by atoms with Gasteiger partial charge in [0.05, 0.1) is 6.54 Å². The molecule has 0 aliphatic heterocycles. The van der Waals surface area contributed by atoms with Crippen LogP contribution < -0.4 is 5.73 Å². The fourth-order valence-corrected chi connectivity index (χ4v) is 1.16. The first-order chi connectivity index (χ1) is 6.65. The summed E-state index contributed by atoms with van der Waals surface area (Å²) < 4.78 is 1.69. The first-order valence-electron chi connectivity index (χ1n) is 3.75. The molecule has 7 nitrogen and oxygen atoms in total. The van der Waals surface area contributed by atoms with Gasteiger partial charge in [0.15, 0.2) is 0 Å². The maximum atomic E-state index is 10.3. The zero-order valence-corrected chi connectivity index (χ0v) is 8.72. The van der Waals surface area contributed by atoms with E-state index in [-0.39, 0.29) is 0 Å². The van der Waals surface area contributed by atoms with Gasteiger partial charge in [0.1, 0.15) is 0 Å². The van der Waals surface area contributed by atoms with Crippen LogP contribution in [0.4, 0.5) is 5.95 Å². The summed E-state index contributed by atoms with van der Waals surface area (Å²) in [5, 5.41) is 14.0. The fourth-order valence-electron chi connectivity index (χ4n) is 0.776. The third kappa shape index (κ3) is 2.60. The molecule has 0 saturated heterocycles. The maximum absolute atomic E-state index is 10.3. The van der Waals surface area contributed by atoms with Gasteiger partial charge in [0, 0.05) is 27.6 Å². The van der Waals surface area contributed by atoms with Gasteiger partial charge in [-0.05, 0) is 9.91 Å². The van der Waals surface area contributed by atoms with Crippen molar-refractivity contribution < 1.29 is 4.92 Å². The van der Waals surface area contributed by atoms with Crippen LogP contribution in [0.3, 0.4) is 0 Å². The van der Waals surface area contributed by atoms with Crippen LogP contribution in [0, 0.1) is 10.1 Å². The molecule has 0 atom stereocenters. The topological polar surface area (TPSA) is 99.9 Å². The first-order valence-corrected chi connectivity index (χ1v) is 4.54. The van der Waals surface area contributed by atoms with Crippen LogP contribution in [-0.2, 0) is 6.54 Å². The standard InChI is InChI=1S/C6H8BrN5O2/c7-5-9-6(12(13)14)10-11(5)4-2-1-3-8/h1-2H,3-4,8H2/b2-1+. The molecule has 0 amide bonds. The molecule has 8 heteroatoms. The van der Waals surface area contributed by atoms with Gasteiger partial charge in [-0.1, -0.05) is 12.2 Å². The van der Waals surface area contributed by atoms with E-state index in [1.54, 1.807) is 12.2 Å². The number of nitrogens with zero attached hydrogens (tertiary/aromatic N) is 4. The predicted molar refractivity (Wildman–Crippen MR) is 52.6 cm³/mol. The Morgan fingerprint density at radius 3 is 2.86 bits per heavy atom. The second kappa shape index (κ2) is 4.82. The summed E-state index contributed by atoms with van der Waals surface area (Å²) in [6.07, 6.45) is 3.49. The Morgan fingerprint density at radius 1 is 1.64 bits per heavy atom. The molecule has 76 valence electrons. The molecule has 1 rings (SSSR count). The number of hydrogen-bond donors (Lipinski definition) is 1. The summed E-state index contributed by atoms with van der Waals surface area (Å²) in [6.45, 7) is 0.826. The quantitative estimate of drug-likeness (QED) is 0.482. The molecular formula is C6H8BrN5O2. The van der Waals surface area contributed by atoms with Crippen LogP contribution in [0.2, 0.25) is 0 Å². The molecule has 0 bridgehead atoms. The van der Waals surface area contributed by atoms with Crippen molar-refractivity contribution in [1.82, 2.24) is 14.8 Å². The lowest BCUT2D eigenvalue weighted by Gasteiger charge is -1.88. The molecule has 0 aliphatic rings. The summed E-state index contributed by atoms with van der Waals surface area (Å²) in [5.41, 5.74) is 5.23. The highest BCUT2D eigenvalue weighted by molar-refractivity contribution is 9.10. The number of nitrogens with two attached hydrogens (primary N) is 1. The Morgan fingerprint density at radius 2 is 2.36 bits per heavy atom. The minimum atomic E-state index is -0.645. The molecular weight excluding hydrogens is 254 g/mol. The monoisotopic (exact) mass is 261 g/mol. The summed E-state index contributed by atoms with van der Waals surface area (Å²) in [4.78, 5) is 13.3. The summed E-state index contributed by atoms with van der Waals surface area (Å²) >= 11 is 3.06. The second-order valence-corrected chi connectivity index (χ2v) is 3.04. The van der Waals surface area contributed by atoms with Gasteiger partial charge in [-0.15, -0.1) is 0 Å². The minimum absolute atomic E-state index is 0.325. The van der Waals surface area contributed by atoms with E-state index in [0.717, 1.165) is 0 Å². The lowest BCUT2D eigenvalue weighted by Crippen LogP contribution is -2.00. The smallest absolute Gasteiger partial charge is 0.390 e. The minimum Gasteiger partial charge on any atom is -0.390 e. The molecule has 1 heterocycles. The van der Waals surface area contributed by atoms with E-state index >= 15 is 0 Å². The molecule has 0 radical (unpaired) electrons. The number of allylic oxidation sites excluding steroid dienone is 1. The predicted octanol–water partition coefficient (Wildman–Crippen LogP) is 0.464. The number of rotatable bonds is 4. The molecule has 0 aliphatic carbocycles. The van der Waals surface area contributed by atoms with Gasteiger partial charge < -0.3 is 15.8 Å². The van der Waals surface area contributed by atoms with Gasteiger partial charge in [-0.3, -0.25) is 0 Å². The van der Waals surface area contributed by atoms with Crippen molar-refractivity contribution in [1.29, 1.82) is 0 Å². The molecule has 0 unspecified atom stereocenters. The average molecular weight is 262 g/mol. The van der Waals surface area contributed by atoms with Crippen molar-refractivity contribution in [3.63, 3.8) is 0 Å². The Hall–Kier alpha value is -1.28. The lowest BCUT2D eigenvalue weighted by atomic mass is 10.5. The third-order valence-electron chi connectivity index (χ3n) is 1.36. The van der Waals surface area contributed by atoms with Crippen molar-refractivity contribution in [3.8, 4) is 0 Å². The molecule has 0 saturated carbocycles. The number of nitro groups is 1. The van der Waals surface area contributed by atoms with Crippen molar-refractivity contribution in [2.75, 3.05) is 6.54 Å². The highest BCUT2D eigenvalue weighted by Crippen LogP contribution is 2.11. The van der Waals surface area contributed by atoms with E-state index in [4.69, 9.17) is 5.73 Å². The van der Waals surface area contributed by atoms with Crippen molar-refractivity contribution in [2.45, 2.75) is 6.54 Å². The molecule has 0 aromatic carbocycles. The van der Waals surface area contributed by atoms with Gasteiger partial charge in [-0.25, -0.2) is 0 Å². The molecule has 0 fully saturated rings. The van der Waals surface area contributed by atoms with Gasteiger partial charge in [0.25, 0.3) is 4.73 Å². The van der Waals surface area contributed by atoms with E-state index in [1.165, 1.54) is 4.68 Å². The number of halogens is 1. The summed E-state index contributed by atoms with van der Waals surface area (Å²) in [7, 11) is 0. The number of aromatic nitrogens is 3. The van der Waals surface area contributed by atoms with Crippen LogP contribution in [-0.4, -0.2) is 26.2 Å². The van der Waals surface area contributed by atoms with Crippen LogP contribution in [0.5, 0.6) is 0 Å². The third-order valence-corrected chi connectivity index (χ3v) is 1.95. The van der Waals surface area contributed by atoms with Crippen LogP contribution >= 0.6 is 15.9 Å². The molecule has 14 heavy (non-hydrogen) atoms. The summed E-state index contributed by atoms with van der Waals surface area (Å²) in [5.74, 6) is -0.418. The largest absolute Gasteiger partial charge is 0.492 e. The Kier molecular flexibility index (Phi) is 3.72. The average Bonchev–Trinajstić information content (AvgIpc) is 2.49. The normalized spacial score (nSPS) is 11.0. The summed E-state index contributed by atoms with van der Waals surface area (Å²) in [6, 6.07) is 0. The zero-order valence-electron chi connectivity index (χ0n) is 7.13. The molecule has 1 aromatic rings.